The number of aromatic amines is 1. The van der Waals surface area contributed by atoms with Crippen LogP contribution in [0.2, 0.25) is 0 Å². The van der Waals surface area contributed by atoms with Gasteiger partial charge in [0.15, 0.2) is 0 Å². The lowest BCUT2D eigenvalue weighted by Crippen LogP contribution is -2.01. The zero-order chi connectivity index (χ0) is 19.9. The lowest BCUT2D eigenvalue weighted by molar-refractivity contribution is 0.415. The Bertz CT molecular complexity index is 1050. The van der Waals surface area contributed by atoms with Gasteiger partial charge in [0.2, 0.25) is 0 Å². The van der Waals surface area contributed by atoms with Gasteiger partial charge in [0.25, 0.3) is 0 Å². The molecule has 0 aliphatic heterocycles. The van der Waals surface area contributed by atoms with Gasteiger partial charge in [-0.15, -0.1) is 11.8 Å². The Labute approximate surface area is 174 Å². The molecule has 0 saturated carbocycles. The van der Waals surface area contributed by atoms with Crippen molar-refractivity contribution < 1.29 is 4.74 Å². The monoisotopic (exact) mass is 402 g/mol. The summed E-state index contributed by atoms with van der Waals surface area (Å²) < 4.78 is 5.32. The zero-order valence-electron chi connectivity index (χ0n) is 16.1. The van der Waals surface area contributed by atoms with Crippen molar-refractivity contribution in [2.45, 2.75) is 17.2 Å². The van der Waals surface area contributed by atoms with E-state index in [0.29, 0.717) is 6.54 Å². The molecule has 0 fully saturated rings. The number of anilines is 1. The molecule has 146 valence electrons. The van der Waals surface area contributed by atoms with Crippen LogP contribution in [0.3, 0.4) is 0 Å². The molecule has 0 aliphatic rings. The third-order valence-corrected chi connectivity index (χ3v) is 5.57. The molecule has 6 heteroatoms. The van der Waals surface area contributed by atoms with Crippen molar-refractivity contribution in [2.24, 2.45) is 0 Å². The first kappa shape index (κ1) is 19.1. The summed E-state index contributed by atoms with van der Waals surface area (Å²) in [5.41, 5.74) is 4.40. The first-order valence-electron chi connectivity index (χ1n) is 9.35. The molecule has 0 spiro atoms. The Morgan fingerprint density at radius 2 is 1.90 bits per heavy atom. The number of methoxy groups -OCH3 is 1. The van der Waals surface area contributed by atoms with Gasteiger partial charge in [-0.1, -0.05) is 42.5 Å². The molecular weight excluding hydrogens is 380 g/mol. The first-order chi connectivity index (χ1) is 14.3. The largest absolute Gasteiger partial charge is 0.497 e. The molecule has 4 rings (SSSR count). The van der Waals surface area contributed by atoms with Crippen LogP contribution in [0.4, 0.5) is 5.82 Å². The van der Waals surface area contributed by atoms with Crippen LogP contribution in [0, 0.1) is 0 Å². The molecule has 0 saturated heterocycles. The van der Waals surface area contributed by atoms with Crippen LogP contribution in [0.5, 0.6) is 5.75 Å². The van der Waals surface area contributed by atoms with Gasteiger partial charge < -0.3 is 10.1 Å². The number of nitrogens with zero attached hydrogens (tertiary/aromatic N) is 2. The number of H-pyrrole nitrogens is 1. The third kappa shape index (κ3) is 4.97. The zero-order valence-corrected chi connectivity index (χ0v) is 16.9. The average Bonchev–Trinajstić information content (AvgIpc) is 3.26. The number of hydrogen-bond acceptors (Lipinski definition) is 5. The maximum atomic E-state index is 5.32. The second-order valence-corrected chi connectivity index (χ2v) is 7.56. The Balaban J connectivity index is 1.37. The van der Waals surface area contributed by atoms with E-state index in [0.717, 1.165) is 39.0 Å². The summed E-state index contributed by atoms with van der Waals surface area (Å²) in [5.74, 6) is 2.60. The van der Waals surface area contributed by atoms with E-state index in [1.165, 1.54) is 5.56 Å². The maximum Gasteiger partial charge on any atom is 0.126 e. The molecule has 2 aromatic carbocycles. The SMILES string of the molecule is COc1cccc(-c2[nH]ncc2CNc2ccc(SCc3ccccc3)cn2)c1. The molecule has 2 aromatic heterocycles. The van der Waals surface area contributed by atoms with E-state index in [2.05, 4.69) is 50.8 Å². The molecule has 5 nitrogen and oxygen atoms in total. The van der Waals surface area contributed by atoms with Crippen molar-refractivity contribution in [3.8, 4) is 17.0 Å². The van der Waals surface area contributed by atoms with Crippen molar-refractivity contribution >= 4 is 17.6 Å². The normalized spacial score (nSPS) is 10.7. The van der Waals surface area contributed by atoms with E-state index in [4.69, 9.17) is 4.74 Å². The molecule has 0 aliphatic carbocycles. The highest BCUT2D eigenvalue weighted by molar-refractivity contribution is 7.98. The highest BCUT2D eigenvalue weighted by Gasteiger charge is 2.09. The maximum absolute atomic E-state index is 5.32. The smallest absolute Gasteiger partial charge is 0.126 e. The fourth-order valence-electron chi connectivity index (χ4n) is 2.97. The van der Waals surface area contributed by atoms with Crippen LogP contribution >= 0.6 is 11.8 Å². The fraction of sp³-hybridized carbons (Fsp3) is 0.130. The minimum absolute atomic E-state index is 0.631. The average molecular weight is 403 g/mol. The number of aromatic nitrogens is 3. The second-order valence-electron chi connectivity index (χ2n) is 6.51. The standard InChI is InChI=1S/C23H22N4OS/c1-28-20-9-5-8-18(12-20)23-19(14-26-27-23)13-24-22-11-10-21(15-25-22)29-16-17-6-3-2-4-7-17/h2-12,14-15H,13,16H2,1H3,(H,24,25)(H,26,27). The minimum Gasteiger partial charge on any atom is -0.497 e. The van der Waals surface area contributed by atoms with Crippen LogP contribution in [0.25, 0.3) is 11.3 Å². The molecule has 2 N–H and O–H groups in total. The quantitative estimate of drug-likeness (QED) is 0.387. The lowest BCUT2D eigenvalue weighted by Gasteiger charge is -2.08. The van der Waals surface area contributed by atoms with E-state index in [1.54, 1.807) is 18.9 Å². The Kier molecular flexibility index (Phi) is 6.12. The number of ether oxygens (including phenoxy) is 1. The van der Waals surface area contributed by atoms with E-state index >= 15 is 0 Å². The predicted octanol–water partition coefficient (Wildman–Crippen LogP) is 5.38. The molecule has 4 aromatic rings. The van der Waals surface area contributed by atoms with Crippen LogP contribution in [0.15, 0.2) is 84.0 Å². The molecule has 0 radical (unpaired) electrons. The van der Waals surface area contributed by atoms with Crippen LogP contribution in [0.1, 0.15) is 11.1 Å². The number of hydrogen-bond donors (Lipinski definition) is 2. The summed E-state index contributed by atoms with van der Waals surface area (Å²) in [6.07, 6.45) is 3.75. The van der Waals surface area contributed by atoms with Crippen LogP contribution in [-0.2, 0) is 12.3 Å². The predicted molar refractivity (Wildman–Crippen MR) is 118 cm³/mol. The highest BCUT2D eigenvalue weighted by atomic mass is 32.2. The third-order valence-electron chi connectivity index (χ3n) is 4.52. The van der Waals surface area contributed by atoms with Gasteiger partial charge in [-0.2, -0.15) is 5.10 Å². The summed E-state index contributed by atoms with van der Waals surface area (Å²) in [6.45, 7) is 0.631. The lowest BCUT2D eigenvalue weighted by atomic mass is 10.1. The van der Waals surface area contributed by atoms with Gasteiger partial charge in [0, 0.05) is 34.5 Å². The Morgan fingerprint density at radius 3 is 2.69 bits per heavy atom. The molecular formula is C23H22N4OS. The van der Waals surface area contributed by atoms with E-state index in [-0.39, 0.29) is 0 Å². The molecule has 2 heterocycles. The number of benzene rings is 2. The van der Waals surface area contributed by atoms with Gasteiger partial charge in [0.05, 0.1) is 19.0 Å². The molecule has 0 amide bonds. The van der Waals surface area contributed by atoms with Crippen LogP contribution < -0.4 is 10.1 Å². The van der Waals surface area contributed by atoms with Gasteiger partial charge >= 0.3 is 0 Å². The van der Waals surface area contributed by atoms with E-state index < -0.39 is 0 Å². The number of rotatable bonds is 8. The number of thioether (sulfide) groups is 1. The summed E-state index contributed by atoms with van der Waals surface area (Å²) in [6, 6.07) is 22.5. The number of nitrogens with one attached hydrogen (secondary N) is 2. The van der Waals surface area contributed by atoms with Crippen molar-refractivity contribution in [1.82, 2.24) is 15.2 Å². The van der Waals surface area contributed by atoms with Crippen molar-refractivity contribution in [3.63, 3.8) is 0 Å². The van der Waals surface area contributed by atoms with Gasteiger partial charge in [-0.05, 0) is 29.8 Å². The van der Waals surface area contributed by atoms with Crippen molar-refractivity contribution in [1.29, 1.82) is 0 Å². The molecule has 29 heavy (non-hydrogen) atoms. The fourth-order valence-corrected chi connectivity index (χ4v) is 3.79. The minimum atomic E-state index is 0.631. The first-order valence-corrected chi connectivity index (χ1v) is 10.3. The van der Waals surface area contributed by atoms with Crippen LogP contribution in [-0.4, -0.2) is 22.3 Å². The molecule has 0 atom stereocenters. The highest BCUT2D eigenvalue weighted by Crippen LogP contribution is 2.26. The number of pyridine rings is 1. The van der Waals surface area contributed by atoms with Crippen molar-refractivity contribution in [3.05, 3.63) is 90.3 Å². The van der Waals surface area contributed by atoms with Gasteiger partial charge in [0.1, 0.15) is 11.6 Å². The van der Waals surface area contributed by atoms with Gasteiger partial charge in [-0.25, -0.2) is 4.98 Å². The summed E-state index contributed by atoms with van der Waals surface area (Å²) in [5, 5.41) is 10.7. The molecule has 0 unspecified atom stereocenters. The summed E-state index contributed by atoms with van der Waals surface area (Å²) in [4.78, 5) is 5.69. The van der Waals surface area contributed by atoms with E-state index in [9.17, 15) is 0 Å². The van der Waals surface area contributed by atoms with E-state index in [1.807, 2.05) is 48.8 Å². The van der Waals surface area contributed by atoms with Crippen molar-refractivity contribution in [2.75, 3.05) is 12.4 Å². The molecule has 0 bridgehead atoms. The second kappa shape index (κ2) is 9.30. The topological polar surface area (TPSA) is 62.8 Å². The Hall–Kier alpha value is -3.25. The summed E-state index contributed by atoms with van der Waals surface area (Å²) >= 11 is 1.78. The van der Waals surface area contributed by atoms with Gasteiger partial charge in [-0.3, -0.25) is 5.10 Å². The summed E-state index contributed by atoms with van der Waals surface area (Å²) in [7, 11) is 1.67. The Morgan fingerprint density at radius 1 is 1.00 bits per heavy atom.